The molecule has 23 heavy (non-hydrogen) atoms. The zero-order chi connectivity index (χ0) is 16.1. The van der Waals surface area contributed by atoms with Crippen LogP contribution in [0.1, 0.15) is 38.2 Å². The van der Waals surface area contributed by atoms with E-state index in [1.807, 2.05) is 12.3 Å². The second-order valence-electron chi connectivity index (χ2n) is 6.48. The summed E-state index contributed by atoms with van der Waals surface area (Å²) in [6.45, 7) is 2.60. The minimum Gasteiger partial charge on any atom is -0.354 e. The summed E-state index contributed by atoms with van der Waals surface area (Å²) >= 11 is 0. The third-order valence-electron chi connectivity index (χ3n) is 4.65. The molecule has 3 rings (SSSR count). The maximum absolute atomic E-state index is 11.1. The number of carbonyl (C=O) groups is 1. The summed E-state index contributed by atoms with van der Waals surface area (Å²) in [5.41, 5.74) is 2.41. The molecule has 0 aliphatic heterocycles. The fourth-order valence-corrected chi connectivity index (χ4v) is 3.43. The Labute approximate surface area is 137 Å². The van der Waals surface area contributed by atoms with E-state index in [1.165, 1.54) is 10.9 Å². The van der Waals surface area contributed by atoms with Crippen molar-refractivity contribution in [3.63, 3.8) is 0 Å². The van der Waals surface area contributed by atoms with Crippen molar-refractivity contribution >= 4 is 16.8 Å². The zero-order valence-corrected chi connectivity index (χ0v) is 13.7. The van der Waals surface area contributed by atoms with Crippen LogP contribution in [-0.4, -0.2) is 29.5 Å². The summed E-state index contributed by atoms with van der Waals surface area (Å²) in [5.74, 6) is 0.0900. The molecule has 1 saturated carbocycles. The van der Waals surface area contributed by atoms with Gasteiger partial charge in [0.05, 0.1) is 5.52 Å². The zero-order valence-electron chi connectivity index (χ0n) is 13.7. The number of hydrogen-bond acceptors (Lipinski definition) is 3. The van der Waals surface area contributed by atoms with E-state index in [2.05, 4.69) is 39.9 Å². The van der Waals surface area contributed by atoms with Crippen LogP contribution < -0.4 is 10.6 Å². The van der Waals surface area contributed by atoms with Crippen LogP contribution in [0.5, 0.6) is 0 Å². The lowest BCUT2D eigenvalue weighted by molar-refractivity contribution is -0.119. The molecule has 0 atom stereocenters. The summed E-state index contributed by atoms with van der Waals surface area (Å²) in [7, 11) is 0. The summed E-state index contributed by atoms with van der Waals surface area (Å²) in [5, 5.41) is 7.90. The van der Waals surface area contributed by atoms with Gasteiger partial charge in [0.1, 0.15) is 0 Å². The van der Waals surface area contributed by atoms with Gasteiger partial charge in [-0.2, -0.15) is 0 Å². The Balaban J connectivity index is 1.43. The van der Waals surface area contributed by atoms with Crippen LogP contribution in [0.3, 0.4) is 0 Å². The van der Waals surface area contributed by atoms with Crippen LogP contribution in [0.15, 0.2) is 36.5 Å². The molecule has 0 saturated heterocycles. The second kappa shape index (κ2) is 7.55. The highest BCUT2D eigenvalue weighted by Gasteiger charge is 2.20. The number of nitrogens with zero attached hydrogens (tertiary/aromatic N) is 1. The number of aromatic nitrogens is 1. The Morgan fingerprint density at radius 1 is 1.17 bits per heavy atom. The van der Waals surface area contributed by atoms with Crippen molar-refractivity contribution in [1.82, 2.24) is 15.6 Å². The van der Waals surface area contributed by atoms with Crippen LogP contribution in [0, 0.1) is 0 Å². The number of pyridine rings is 1. The largest absolute Gasteiger partial charge is 0.354 e. The van der Waals surface area contributed by atoms with Crippen molar-refractivity contribution in [3.8, 4) is 0 Å². The van der Waals surface area contributed by atoms with Gasteiger partial charge in [-0.25, -0.2) is 0 Å². The van der Waals surface area contributed by atoms with E-state index in [4.69, 9.17) is 0 Å². The van der Waals surface area contributed by atoms with Crippen molar-refractivity contribution in [2.75, 3.05) is 6.54 Å². The monoisotopic (exact) mass is 311 g/mol. The first-order valence-electron chi connectivity index (χ1n) is 8.55. The second-order valence-corrected chi connectivity index (χ2v) is 6.48. The first kappa shape index (κ1) is 15.9. The van der Waals surface area contributed by atoms with Crippen LogP contribution in [0.25, 0.3) is 10.9 Å². The highest BCUT2D eigenvalue weighted by Crippen LogP contribution is 2.19. The third-order valence-corrected chi connectivity index (χ3v) is 4.65. The van der Waals surface area contributed by atoms with Gasteiger partial charge in [0.2, 0.25) is 5.91 Å². The fourth-order valence-electron chi connectivity index (χ4n) is 3.43. The molecule has 0 spiro atoms. The molecule has 1 aliphatic rings. The predicted molar refractivity (Wildman–Crippen MR) is 93.3 cm³/mol. The van der Waals surface area contributed by atoms with Gasteiger partial charge in [-0.15, -0.1) is 0 Å². The quantitative estimate of drug-likeness (QED) is 0.893. The molecule has 1 aromatic heterocycles. The summed E-state index contributed by atoms with van der Waals surface area (Å²) < 4.78 is 0. The van der Waals surface area contributed by atoms with Crippen molar-refractivity contribution in [2.45, 2.75) is 51.1 Å². The Kier molecular flexibility index (Phi) is 5.23. The number of carbonyl (C=O) groups excluding carboxylic acids is 1. The molecular formula is C19H25N3O. The maximum atomic E-state index is 11.1. The minimum atomic E-state index is 0.0900. The predicted octanol–water partition coefficient (Wildman–Crippen LogP) is 2.81. The summed E-state index contributed by atoms with van der Waals surface area (Å²) in [4.78, 5) is 15.4. The van der Waals surface area contributed by atoms with Crippen LogP contribution in [0.4, 0.5) is 0 Å². The summed E-state index contributed by atoms with van der Waals surface area (Å²) in [6, 6.07) is 11.6. The molecule has 2 aromatic rings. The SMILES string of the molecule is CC(=O)NC1CCC(NCCc2ccc3ncccc3c2)CC1. The molecule has 1 amide bonds. The highest BCUT2D eigenvalue weighted by molar-refractivity contribution is 5.78. The molecule has 4 heteroatoms. The Morgan fingerprint density at radius 2 is 1.96 bits per heavy atom. The molecule has 1 heterocycles. The van der Waals surface area contributed by atoms with Crippen LogP contribution >= 0.6 is 0 Å². The van der Waals surface area contributed by atoms with Gasteiger partial charge >= 0.3 is 0 Å². The Morgan fingerprint density at radius 3 is 2.74 bits per heavy atom. The van der Waals surface area contributed by atoms with Crippen LogP contribution in [-0.2, 0) is 11.2 Å². The average molecular weight is 311 g/mol. The van der Waals surface area contributed by atoms with Crippen molar-refractivity contribution in [2.24, 2.45) is 0 Å². The van der Waals surface area contributed by atoms with E-state index in [1.54, 1.807) is 6.92 Å². The molecule has 2 N–H and O–H groups in total. The van der Waals surface area contributed by atoms with Gasteiger partial charge in [-0.3, -0.25) is 9.78 Å². The lowest BCUT2D eigenvalue weighted by Crippen LogP contribution is -2.41. The van der Waals surface area contributed by atoms with Gasteiger partial charge in [0, 0.05) is 30.6 Å². The standard InChI is InChI=1S/C19H25N3O/c1-14(23)22-18-7-5-17(6-8-18)20-12-10-15-4-9-19-16(13-15)3-2-11-21-19/h2-4,9,11,13,17-18,20H,5-8,10,12H2,1H3,(H,22,23). The molecule has 0 radical (unpaired) electrons. The van der Waals surface area contributed by atoms with Gasteiger partial charge < -0.3 is 10.6 Å². The van der Waals surface area contributed by atoms with Gasteiger partial charge in [-0.1, -0.05) is 12.1 Å². The maximum Gasteiger partial charge on any atom is 0.217 e. The number of rotatable bonds is 5. The molecule has 1 aromatic carbocycles. The van der Waals surface area contributed by atoms with Crippen molar-refractivity contribution in [3.05, 3.63) is 42.1 Å². The van der Waals surface area contributed by atoms with Crippen molar-refractivity contribution < 1.29 is 4.79 Å². The lowest BCUT2D eigenvalue weighted by atomic mass is 9.91. The average Bonchev–Trinajstić information content (AvgIpc) is 2.56. The van der Waals surface area contributed by atoms with Gasteiger partial charge in [0.25, 0.3) is 0 Å². The van der Waals surface area contributed by atoms with E-state index in [0.717, 1.165) is 44.2 Å². The third kappa shape index (κ3) is 4.52. The smallest absolute Gasteiger partial charge is 0.217 e. The molecule has 1 fully saturated rings. The van der Waals surface area contributed by atoms with E-state index >= 15 is 0 Å². The normalized spacial score (nSPS) is 21.3. The van der Waals surface area contributed by atoms with Gasteiger partial charge in [-0.05, 0) is 62.4 Å². The minimum absolute atomic E-state index is 0.0900. The number of amides is 1. The lowest BCUT2D eigenvalue weighted by Gasteiger charge is -2.29. The first-order valence-corrected chi connectivity index (χ1v) is 8.55. The Bertz CT molecular complexity index is 662. The van der Waals surface area contributed by atoms with Gasteiger partial charge in [0.15, 0.2) is 0 Å². The first-order chi connectivity index (χ1) is 11.2. The molecule has 1 aliphatic carbocycles. The van der Waals surface area contributed by atoms with E-state index in [9.17, 15) is 4.79 Å². The topological polar surface area (TPSA) is 54.0 Å². The molecular weight excluding hydrogens is 286 g/mol. The fraction of sp³-hybridized carbons (Fsp3) is 0.474. The molecule has 4 nitrogen and oxygen atoms in total. The molecule has 0 unspecified atom stereocenters. The Hall–Kier alpha value is -1.94. The number of benzene rings is 1. The van der Waals surface area contributed by atoms with Crippen molar-refractivity contribution in [1.29, 1.82) is 0 Å². The number of fused-ring (bicyclic) bond motifs is 1. The van der Waals surface area contributed by atoms with E-state index in [-0.39, 0.29) is 5.91 Å². The number of nitrogens with one attached hydrogen (secondary N) is 2. The van der Waals surface area contributed by atoms with Crippen LogP contribution in [0.2, 0.25) is 0 Å². The molecule has 122 valence electrons. The summed E-state index contributed by atoms with van der Waals surface area (Å²) in [6.07, 6.45) is 7.33. The number of hydrogen-bond donors (Lipinski definition) is 2. The van der Waals surface area contributed by atoms with E-state index in [0.29, 0.717) is 12.1 Å². The van der Waals surface area contributed by atoms with E-state index < -0.39 is 0 Å². The molecule has 0 bridgehead atoms. The highest BCUT2D eigenvalue weighted by atomic mass is 16.1.